The van der Waals surface area contributed by atoms with Crippen molar-refractivity contribution in [1.29, 1.82) is 0 Å². The van der Waals surface area contributed by atoms with Gasteiger partial charge in [-0.1, -0.05) is 6.42 Å². The molecule has 2 aliphatic rings. The third-order valence-electron chi connectivity index (χ3n) is 4.04. The first-order valence-corrected chi connectivity index (χ1v) is 6.66. The maximum atomic E-state index is 4.37. The molecular formula is C12H21N5. The van der Waals surface area contributed by atoms with Crippen molar-refractivity contribution < 1.29 is 0 Å². The van der Waals surface area contributed by atoms with E-state index in [4.69, 9.17) is 0 Å². The van der Waals surface area contributed by atoms with Crippen LogP contribution < -0.4 is 5.32 Å². The number of piperazine rings is 1. The van der Waals surface area contributed by atoms with Crippen LogP contribution in [0.2, 0.25) is 0 Å². The van der Waals surface area contributed by atoms with Crippen LogP contribution in [0.25, 0.3) is 0 Å². The van der Waals surface area contributed by atoms with Gasteiger partial charge < -0.3 is 9.88 Å². The second-order valence-corrected chi connectivity index (χ2v) is 5.19. The number of hydrogen-bond acceptors (Lipinski definition) is 4. The van der Waals surface area contributed by atoms with Crippen LogP contribution in [0.15, 0.2) is 0 Å². The van der Waals surface area contributed by atoms with Crippen molar-refractivity contribution >= 4 is 0 Å². The van der Waals surface area contributed by atoms with Gasteiger partial charge >= 0.3 is 0 Å². The maximum Gasteiger partial charge on any atom is 0.146 e. The van der Waals surface area contributed by atoms with Gasteiger partial charge in [-0.2, -0.15) is 0 Å². The Morgan fingerprint density at radius 1 is 1.24 bits per heavy atom. The van der Waals surface area contributed by atoms with Crippen LogP contribution >= 0.6 is 0 Å². The van der Waals surface area contributed by atoms with E-state index in [0.29, 0.717) is 5.92 Å². The van der Waals surface area contributed by atoms with E-state index in [2.05, 4.69) is 32.0 Å². The fourth-order valence-electron chi connectivity index (χ4n) is 2.60. The van der Waals surface area contributed by atoms with Gasteiger partial charge in [0.15, 0.2) is 0 Å². The Hall–Kier alpha value is -0.940. The molecule has 1 aliphatic heterocycles. The van der Waals surface area contributed by atoms with Gasteiger partial charge in [0.2, 0.25) is 0 Å². The van der Waals surface area contributed by atoms with Gasteiger partial charge in [0.25, 0.3) is 0 Å². The van der Waals surface area contributed by atoms with E-state index < -0.39 is 0 Å². The Balaban J connectivity index is 1.67. The van der Waals surface area contributed by atoms with Gasteiger partial charge in [-0.25, -0.2) is 0 Å². The first-order valence-electron chi connectivity index (χ1n) is 6.66. The Bertz CT molecular complexity index is 376. The summed E-state index contributed by atoms with van der Waals surface area (Å²) in [5, 5.41) is 12.1. The van der Waals surface area contributed by atoms with Crippen molar-refractivity contribution in [3.63, 3.8) is 0 Å². The van der Waals surface area contributed by atoms with E-state index in [1.807, 2.05) is 0 Å². The number of nitrogens with zero attached hydrogens (tertiary/aromatic N) is 4. The zero-order valence-electron chi connectivity index (χ0n) is 10.5. The summed E-state index contributed by atoms with van der Waals surface area (Å²) in [6, 6.07) is 0. The maximum absolute atomic E-state index is 4.37. The number of aromatic nitrogens is 3. The normalized spacial score (nSPS) is 22.6. The zero-order valence-corrected chi connectivity index (χ0v) is 10.5. The van der Waals surface area contributed by atoms with E-state index in [-0.39, 0.29) is 0 Å². The van der Waals surface area contributed by atoms with Gasteiger partial charge in [-0.15, -0.1) is 10.2 Å². The zero-order chi connectivity index (χ0) is 11.7. The standard InChI is InChI=1S/C12H21N5/c1-16-11(9-17-7-5-13-6-8-17)14-15-12(16)10-3-2-4-10/h10,13H,2-9H2,1H3. The molecule has 1 saturated carbocycles. The highest BCUT2D eigenvalue weighted by atomic mass is 15.3. The molecule has 3 rings (SSSR count). The second-order valence-electron chi connectivity index (χ2n) is 5.19. The lowest BCUT2D eigenvalue weighted by Crippen LogP contribution is -2.43. The van der Waals surface area contributed by atoms with Crippen LogP contribution in [0.1, 0.15) is 36.8 Å². The summed E-state index contributed by atoms with van der Waals surface area (Å²) in [4.78, 5) is 2.45. The van der Waals surface area contributed by atoms with Crippen molar-refractivity contribution in [2.75, 3.05) is 26.2 Å². The Labute approximate surface area is 102 Å². The lowest BCUT2D eigenvalue weighted by Gasteiger charge is -2.27. The lowest BCUT2D eigenvalue weighted by molar-refractivity contribution is 0.225. The lowest BCUT2D eigenvalue weighted by atomic mass is 9.85. The number of rotatable bonds is 3. The molecule has 1 aromatic rings. The van der Waals surface area contributed by atoms with Gasteiger partial charge in [0.05, 0.1) is 6.54 Å². The molecule has 2 heterocycles. The largest absolute Gasteiger partial charge is 0.317 e. The summed E-state index contributed by atoms with van der Waals surface area (Å²) >= 11 is 0. The molecule has 5 nitrogen and oxygen atoms in total. The Morgan fingerprint density at radius 2 is 2.00 bits per heavy atom. The van der Waals surface area contributed by atoms with Crippen molar-refractivity contribution in [2.45, 2.75) is 31.7 Å². The van der Waals surface area contributed by atoms with Crippen LogP contribution in [-0.4, -0.2) is 45.8 Å². The second kappa shape index (κ2) is 4.74. The van der Waals surface area contributed by atoms with E-state index in [9.17, 15) is 0 Å². The minimum atomic E-state index is 0.671. The number of nitrogens with one attached hydrogen (secondary N) is 1. The molecule has 94 valence electrons. The molecule has 17 heavy (non-hydrogen) atoms. The van der Waals surface area contributed by atoms with Crippen LogP contribution in [-0.2, 0) is 13.6 Å². The molecule has 0 bridgehead atoms. The summed E-state index contributed by atoms with van der Waals surface area (Å²) in [7, 11) is 2.12. The minimum absolute atomic E-state index is 0.671. The minimum Gasteiger partial charge on any atom is -0.317 e. The summed E-state index contributed by atoms with van der Waals surface area (Å²) in [5.41, 5.74) is 0. The summed E-state index contributed by atoms with van der Waals surface area (Å²) < 4.78 is 2.21. The molecule has 2 fully saturated rings. The van der Waals surface area contributed by atoms with E-state index >= 15 is 0 Å². The topological polar surface area (TPSA) is 46.0 Å². The fraction of sp³-hybridized carbons (Fsp3) is 0.833. The molecule has 1 N–H and O–H groups in total. The third-order valence-corrected chi connectivity index (χ3v) is 4.04. The third kappa shape index (κ3) is 2.21. The van der Waals surface area contributed by atoms with Gasteiger partial charge in [-0.05, 0) is 12.8 Å². The summed E-state index contributed by atoms with van der Waals surface area (Å²) in [6.07, 6.45) is 3.93. The van der Waals surface area contributed by atoms with Gasteiger partial charge in [0.1, 0.15) is 11.6 Å². The molecule has 0 aromatic carbocycles. The summed E-state index contributed by atoms with van der Waals surface area (Å²) in [6.45, 7) is 5.36. The van der Waals surface area contributed by atoms with Gasteiger partial charge in [0, 0.05) is 39.1 Å². The molecule has 0 spiro atoms. The van der Waals surface area contributed by atoms with E-state index in [1.165, 1.54) is 25.1 Å². The van der Waals surface area contributed by atoms with Crippen molar-refractivity contribution in [1.82, 2.24) is 25.0 Å². The molecule has 1 saturated heterocycles. The molecular weight excluding hydrogens is 214 g/mol. The van der Waals surface area contributed by atoms with E-state index in [0.717, 1.165) is 38.5 Å². The Morgan fingerprint density at radius 3 is 2.65 bits per heavy atom. The van der Waals surface area contributed by atoms with Crippen LogP contribution in [0.5, 0.6) is 0 Å². The molecule has 0 unspecified atom stereocenters. The average molecular weight is 235 g/mol. The smallest absolute Gasteiger partial charge is 0.146 e. The molecule has 0 amide bonds. The molecule has 5 heteroatoms. The van der Waals surface area contributed by atoms with Crippen LogP contribution in [0.3, 0.4) is 0 Å². The van der Waals surface area contributed by atoms with Gasteiger partial charge in [-0.3, -0.25) is 4.90 Å². The van der Waals surface area contributed by atoms with Crippen LogP contribution in [0.4, 0.5) is 0 Å². The number of hydrogen-bond donors (Lipinski definition) is 1. The predicted molar refractivity (Wildman–Crippen MR) is 65.7 cm³/mol. The highest BCUT2D eigenvalue weighted by Gasteiger charge is 2.25. The monoisotopic (exact) mass is 235 g/mol. The highest BCUT2D eigenvalue weighted by molar-refractivity contribution is 5.04. The van der Waals surface area contributed by atoms with Crippen molar-refractivity contribution in [3.05, 3.63) is 11.6 Å². The Kier molecular flexibility index (Phi) is 3.11. The molecule has 0 radical (unpaired) electrons. The summed E-state index contributed by atoms with van der Waals surface area (Å²) in [5.74, 6) is 2.99. The molecule has 0 atom stereocenters. The fourth-order valence-corrected chi connectivity index (χ4v) is 2.60. The SMILES string of the molecule is Cn1c(CN2CCNCC2)nnc1C1CCC1. The highest BCUT2D eigenvalue weighted by Crippen LogP contribution is 2.35. The quantitative estimate of drug-likeness (QED) is 0.828. The first kappa shape index (κ1) is 11.2. The average Bonchev–Trinajstić information content (AvgIpc) is 2.61. The molecule has 1 aliphatic carbocycles. The predicted octanol–water partition coefficient (Wildman–Crippen LogP) is 0.488. The van der Waals surface area contributed by atoms with E-state index in [1.54, 1.807) is 0 Å². The van der Waals surface area contributed by atoms with Crippen molar-refractivity contribution in [2.24, 2.45) is 7.05 Å². The van der Waals surface area contributed by atoms with Crippen LogP contribution in [0, 0.1) is 0 Å². The first-order chi connectivity index (χ1) is 8.34. The van der Waals surface area contributed by atoms with Crippen molar-refractivity contribution in [3.8, 4) is 0 Å². The molecule has 1 aromatic heterocycles.